The minimum atomic E-state index is -0.369. The molecular weight excluding hydrogens is 230 g/mol. The molecule has 1 heterocycles. The Morgan fingerprint density at radius 2 is 2.33 bits per heavy atom. The highest BCUT2D eigenvalue weighted by Gasteiger charge is 2.11. The smallest absolute Gasteiger partial charge is 0.266 e. The first-order valence-corrected chi connectivity index (χ1v) is 5.88. The Morgan fingerprint density at radius 1 is 1.61 bits per heavy atom. The second-order valence-electron chi connectivity index (χ2n) is 3.99. The van der Waals surface area contributed by atoms with Gasteiger partial charge in [0.2, 0.25) is 0 Å². The van der Waals surface area contributed by atoms with E-state index in [2.05, 4.69) is 17.1 Å². The van der Waals surface area contributed by atoms with E-state index >= 15 is 0 Å². The molecule has 0 aliphatic carbocycles. The summed E-state index contributed by atoms with van der Waals surface area (Å²) in [5, 5.41) is 12.9. The lowest BCUT2D eigenvalue weighted by Crippen LogP contribution is -2.16. The molecule has 1 N–H and O–H groups in total. The first-order valence-electron chi connectivity index (χ1n) is 5.88. The fourth-order valence-electron chi connectivity index (χ4n) is 1.69. The van der Waals surface area contributed by atoms with Gasteiger partial charge in [0.05, 0.1) is 5.71 Å². The normalized spacial score (nSPS) is 11.1. The Labute approximate surface area is 106 Å². The number of aromatic amines is 1. The molecule has 5 heteroatoms. The second-order valence-corrected chi connectivity index (χ2v) is 3.99. The zero-order valence-corrected chi connectivity index (χ0v) is 10.9. The van der Waals surface area contributed by atoms with Gasteiger partial charge in [0, 0.05) is 11.3 Å². The van der Waals surface area contributed by atoms with Gasteiger partial charge in [0.15, 0.2) is 0 Å². The fourth-order valence-corrected chi connectivity index (χ4v) is 1.69. The van der Waals surface area contributed by atoms with Crippen LogP contribution in [0.5, 0.6) is 0 Å². The minimum absolute atomic E-state index is 0.0934. The Hall–Kier alpha value is -2.09. The Bertz CT molecular complexity index is 538. The third-order valence-corrected chi connectivity index (χ3v) is 2.64. The van der Waals surface area contributed by atoms with Crippen LogP contribution in [-0.2, 0) is 4.84 Å². The molecular formula is C13H17N3O2. The Balaban J connectivity index is 3.24. The van der Waals surface area contributed by atoms with Crippen molar-refractivity contribution in [3.05, 3.63) is 33.2 Å². The number of aromatic nitrogens is 1. The van der Waals surface area contributed by atoms with E-state index < -0.39 is 0 Å². The average Bonchev–Trinajstić information content (AvgIpc) is 2.35. The molecule has 0 radical (unpaired) electrons. The molecule has 96 valence electrons. The van der Waals surface area contributed by atoms with Gasteiger partial charge in [-0.3, -0.25) is 4.79 Å². The van der Waals surface area contributed by atoms with Gasteiger partial charge in [-0.15, -0.1) is 0 Å². The standard InChI is InChI=1S/C13H17N3O2/c1-4-5-6-12(16-18-3)11-7-10(8-14)13(17)15-9(11)2/h7H,4-6H2,1-3H3,(H,15,17). The van der Waals surface area contributed by atoms with Crippen LogP contribution in [0.15, 0.2) is 16.0 Å². The Morgan fingerprint density at radius 3 is 2.89 bits per heavy atom. The number of hydrogen-bond donors (Lipinski definition) is 1. The predicted octanol–water partition coefficient (Wildman–Crippen LogP) is 2.10. The molecule has 0 saturated heterocycles. The summed E-state index contributed by atoms with van der Waals surface area (Å²) in [5.74, 6) is 0. The zero-order chi connectivity index (χ0) is 13.5. The van der Waals surface area contributed by atoms with Crippen LogP contribution in [0.4, 0.5) is 0 Å². The van der Waals surface area contributed by atoms with Crippen molar-refractivity contribution in [1.29, 1.82) is 5.26 Å². The van der Waals surface area contributed by atoms with Crippen LogP contribution in [0.2, 0.25) is 0 Å². The lowest BCUT2D eigenvalue weighted by atomic mass is 10.0. The molecule has 0 amide bonds. The van der Waals surface area contributed by atoms with Gasteiger partial charge < -0.3 is 9.82 Å². The number of oxime groups is 1. The molecule has 18 heavy (non-hydrogen) atoms. The van der Waals surface area contributed by atoms with Gasteiger partial charge in [-0.1, -0.05) is 18.5 Å². The molecule has 0 fully saturated rings. The highest BCUT2D eigenvalue weighted by atomic mass is 16.6. The number of rotatable bonds is 5. The first kappa shape index (κ1) is 14.0. The summed E-state index contributed by atoms with van der Waals surface area (Å²) in [6.45, 7) is 3.87. The van der Waals surface area contributed by atoms with Crippen LogP contribution in [-0.4, -0.2) is 17.8 Å². The van der Waals surface area contributed by atoms with Crippen LogP contribution in [0, 0.1) is 18.3 Å². The Kier molecular flexibility index (Phi) is 5.12. The van der Waals surface area contributed by atoms with Crippen molar-refractivity contribution in [2.24, 2.45) is 5.16 Å². The predicted molar refractivity (Wildman–Crippen MR) is 69.6 cm³/mol. The number of hydrogen-bond acceptors (Lipinski definition) is 4. The van der Waals surface area contributed by atoms with Crippen LogP contribution in [0.25, 0.3) is 0 Å². The summed E-state index contributed by atoms with van der Waals surface area (Å²) in [5.41, 5.74) is 1.94. The molecule has 1 rings (SSSR count). The minimum Gasteiger partial charge on any atom is -0.399 e. The van der Waals surface area contributed by atoms with Gasteiger partial charge in [0.25, 0.3) is 5.56 Å². The monoisotopic (exact) mass is 247 g/mol. The van der Waals surface area contributed by atoms with Gasteiger partial charge in [0.1, 0.15) is 18.7 Å². The van der Waals surface area contributed by atoms with Crippen molar-refractivity contribution in [2.75, 3.05) is 7.11 Å². The van der Waals surface area contributed by atoms with Crippen molar-refractivity contribution in [1.82, 2.24) is 4.98 Å². The van der Waals surface area contributed by atoms with E-state index in [0.717, 1.165) is 30.5 Å². The summed E-state index contributed by atoms with van der Waals surface area (Å²) in [6, 6.07) is 3.45. The van der Waals surface area contributed by atoms with Crippen molar-refractivity contribution in [3.8, 4) is 6.07 Å². The maximum Gasteiger partial charge on any atom is 0.266 e. The summed E-state index contributed by atoms with van der Waals surface area (Å²) in [4.78, 5) is 19.0. The van der Waals surface area contributed by atoms with E-state index in [9.17, 15) is 4.79 Å². The topological polar surface area (TPSA) is 78.2 Å². The largest absolute Gasteiger partial charge is 0.399 e. The number of nitrogens with one attached hydrogen (secondary N) is 1. The van der Waals surface area contributed by atoms with Crippen molar-refractivity contribution in [2.45, 2.75) is 33.1 Å². The third-order valence-electron chi connectivity index (χ3n) is 2.64. The van der Waals surface area contributed by atoms with Crippen LogP contribution in [0.3, 0.4) is 0 Å². The van der Waals surface area contributed by atoms with E-state index in [1.807, 2.05) is 6.07 Å². The number of nitrogens with zero attached hydrogens (tertiary/aromatic N) is 2. The molecule has 0 aliphatic heterocycles. The number of H-pyrrole nitrogens is 1. The van der Waals surface area contributed by atoms with Gasteiger partial charge in [-0.2, -0.15) is 5.26 Å². The molecule has 0 spiro atoms. The highest BCUT2D eigenvalue weighted by molar-refractivity contribution is 6.01. The number of aryl methyl sites for hydroxylation is 1. The quantitative estimate of drug-likeness (QED) is 0.639. The van der Waals surface area contributed by atoms with Gasteiger partial charge in [-0.05, 0) is 25.8 Å². The van der Waals surface area contributed by atoms with E-state index in [-0.39, 0.29) is 11.1 Å². The summed E-state index contributed by atoms with van der Waals surface area (Å²) in [7, 11) is 1.48. The van der Waals surface area contributed by atoms with Crippen molar-refractivity contribution < 1.29 is 4.84 Å². The molecule has 0 aliphatic rings. The lowest BCUT2D eigenvalue weighted by molar-refractivity contribution is 0.212. The molecule has 0 unspecified atom stereocenters. The third kappa shape index (κ3) is 3.20. The SMILES string of the molecule is CCCCC(=NOC)c1cc(C#N)c(=O)[nH]c1C. The molecule has 0 bridgehead atoms. The summed E-state index contributed by atoms with van der Waals surface area (Å²) >= 11 is 0. The fraction of sp³-hybridized carbons (Fsp3) is 0.462. The summed E-state index contributed by atoms with van der Waals surface area (Å²) < 4.78 is 0. The molecule has 0 atom stereocenters. The van der Waals surface area contributed by atoms with Crippen LogP contribution in [0.1, 0.15) is 43.0 Å². The lowest BCUT2D eigenvalue weighted by Gasteiger charge is -2.08. The number of unbranched alkanes of at least 4 members (excludes halogenated alkanes) is 1. The number of pyridine rings is 1. The van der Waals surface area contributed by atoms with E-state index in [0.29, 0.717) is 5.69 Å². The van der Waals surface area contributed by atoms with Gasteiger partial charge in [-0.25, -0.2) is 0 Å². The van der Waals surface area contributed by atoms with E-state index in [1.165, 1.54) is 7.11 Å². The van der Waals surface area contributed by atoms with E-state index in [1.54, 1.807) is 13.0 Å². The van der Waals surface area contributed by atoms with Crippen LogP contribution >= 0.6 is 0 Å². The first-order chi connectivity index (χ1) is 8.63. The van der Waals surface area contributed by atoms with Crippen molar-refractivity contribution >= 4 is 5.71 Å². The highest BCUT2D eigenvalue weighted by Crippen LogP contribution is 2.12. The molecule has 0 aromatic carbocycles. The second kappa shape index (κ2) is 6.60. The molecule has 5 nitrogen and oxygen atoms in total. The number of nitriles is 1. The molecule has 1 aromatic rings. The van der Waals surface area contributed by atoms with Crippen LogP contribution < -0.4 is 5.56 Å². The van der Waals surface area contributed by atoms with E-state index in [4.69, 9.17) is 10.1 Å². The molecule has 1 aromatic heterocycles. The zero-order valence-electron chi connectivity index (χ0n) is 10.9. The summed E-state index contributed by atoms with van der Waals surface area (Å²) in [6.07, 6.45) is 2.76. The molecule has 0 saturated carbocycles. The van der Waals surface area contributed by atoms with Crippen molar-refractivity contribution in [3.63, 3.8) is 0 Å². The maximum atomic E-state index is 11.5. The maximum absolute atomic E-state index is 11.5. The average molecular weight is 247 g/mol. The van der Waals surface area contributed by atoms with Gasteiger partial charge >= 0.3 is 0 Å².